The van der Waals surface area contributed by atoms with Crippen LogP contribution < -0.4 is 10.6 Å². The minimum absolute atomic E-state index is 0.101. The maximum Gasteiger partial charge on any atom is 0.410 e. The van der Waals surface area contributed by atoms with E-state index in [9.17, 15) is 14.4 Å². The highest BCUT2D eigenvalue weighted by atomic mass is 16.6. The van der Waals surface area contributed by atoms with Crippen molar-refractivity contribution >= 4 is 17.9 Å². The Morgan fingerprint density at radius 1 is 1.20 bits per heavy atom. The van der Waals surface area contributed by atoms with E-state index < -0.39 is 5.60 Å². The number of hydrogen-bond donors (Lipinski definition) is 2. The first-order valence-corrected chi connectivity index (χ1v) is 8.35. The molecule has 1 heterocycles. The van der Waals surface area contributed by atoms with E-state index in [1.54, 1.807) is 29.2 Å². The molecule has 1 unspecified atom stereocenters. The molecule has 1 aliphatic rings. The first-order valence-electron chi connectivity index (χ1n) is 8.35. The second-order valence-corrected chi connectivity index (χ2v) is 7.03. The van der Waals surface area contributed by atoms with Crippen LogP contribution in [-0.2, 0) is 9.53 Å². The molecule has 25 heavy (non-hydrogen) atoms. The van der Waals surface area contributed by atoms with Gasteiger partial charge in [-0.25, -0.2) is 4.79 Å². The molecule has 1 aliphatic heterocycles. The first-order chi connectivity index (χ1) is 11.7. The third-order valence-corrected chi connectivity index (χ3v) is 3.65. The summed E-state index contributed by atoms with van der Waals surface area (Å²) in [6, 6.07) is 8.58. The van der Waals surface area contributed by atoms with Crippen LogP contribution in [0.4, 0.5) is 4.79 Å². The highest BCUT2D eigenvalue weighted by Crippen LogP contribution is 2.15. The molecule has 0 bridgehead atoms. The summed E-state index contributed by atoms with van der Waals surface area (Å²) in [5, 5.41) is 5.41. The van der Waals surface area contributed by atoms with Crippen LogP contribution in [0.15, 0.2) is 30.3 Å². The number of nitrogens with zero attached hydrogens (tertiary/aromatic N) is 1. The van der Waals surface area contributed by atoms with Gasteiger partial charge in [-0.1, -0.05) is 18.2 Å². The second kappa shape index (κ2) is 8.00. The van der Waals surface area contributed by atoms with Crippen molar-refractivity contribution in [1.82, 2.24) is 15.5 Å². The number of rotatable bonds is 4. The third-order valence-electron chi connectivity index (χ3n) is 3.65. The SMILES string of the molecule is CC(C)(C)OC(=O)N1CCC(NC(=O)CNC(=O)c2ccccc2)C1. The van der Waals surface area contributed by atoms with Crippen LogP contribution in [0.1, 0.15) is 37.6 Å². The number of carbonyl (C=O) groups excluding carboxylic acids is 3. The molecule has 0 saturated carbocycles. The van der Waals surface area contributed by atoms with Crippen molar-refractivity contribution < 1.29 is 19.1 Å². The number of likely N-dealkylation sites (tertiary alicyclic amines) is 1. The molecule has 7 nitrogen and oxygen atoms in total. The van der Waals surface area contributed by atoms with Gasteiger partial charge in [0.2, 0.25) is 5.91 Å². The molecule has 1 aromatic rings. The molecule has 3 amide bonds. The smallest absolute Gasteiger partial charge is 0.410 e. The predicted octanol–water partition coefficient (Wildman–Crippen LogP) is 1.54. The highest BCUT2D eigenvalue weighted by molar-refractivity contribution is 5.96. The predicted molar refractivity (Wildman–Crippen MR) is 93.1 cm³/mol. The van der Waals surface area contributed by atoms with Gasteiger partial charge < -0.3 is 20.3 Å². The van der Waals surface area contributed by atoms with Crippen molar-refractivity contribution in [3.8, 4) is 0 Å². The molecule has 1 atom stereocenters. The molecule has 0 aromatic heterocycles. The molecule has 2 rings (SSSR count). The highest BCUT2D eigenvalue weighted by Gasteiger charge is 2.30. The molecule has 136 valence electrons. The van der Waals surface area contributed by atoms with Crippen molar-refractivity contribution in [1.29, 1.82) is 0 Å². The fraction of sp³-hybridized carbons (Fsp3) is 0.500. The molecule has 7 heteroatoms. The molecule has 2 N–H and O–H groups in total. The van der Waals surface area contributed by atoms with Crippen LogP contribution >= 0.6 is 0 Å². The van der Waals surface area contributed by atoms with Crippen molar-refractivity contribution in [2.75, 3.05) is 19.6 Å². The molecule has 0 aliphatic carbocycles. The first kappa shape index (κ1) is 18.8. The molecule has 1 aromatic carbocycles. The Morgan fingerprint density at radius 3 is 2.52 bits per heavy atom. The lowest BCUT2D eigenvalue weighted by Gasteiger charge is -2.24. The van der Waals surface area contributed by atoms with Gasteiger partial charge in [0, 0.05) is 24.7 Å². The van der Waals surface area contributed by atoms with E-state index >= 15 is 0 Å². The van der Waals surface area contributed by atoms with Crippen molar-refractivity contribution in [3.05, 3.63) is 35.9 Å². The summed E-state index contributed by atoms with van der Waals surface area (Å²) in [4.78, 5) is 37.5. The van der Waals surface area contributed by atoms with E-state index in [2.05, 4.69) is 10.6 Å². The minimum Gasteiger partial charge on any atom is -0.444 e. The van der Waals surface area contributed by atoms with E-state index in [1.807, 2.05) is 26.8 Å². The minimum atomic E-state index is -0.542. The summed E-state index contributed by atoms with van der Waals surface area (Å²) in [5.41, 5.74) is -0.0348. The monoisotopic (exact) mass is 347 g/mol. The molecular weight excluding hydrogens is 322 g/mol. The van der Waals surface area contributed by atoms with Crippen LogP contribution in [0.5, 0.6) is 0 Å². The standard InChI is InChI=1S/C18H25N3O4/c1-18(2,3)25-17(24)21-10-9-14(12-21)20-15(22)11-19-16(23)13-7-5-4-6-8-13/h4-8,14H,9-12H2,1-3H3,(H,19,23)(H,20,22). The summed E-state index contributed by atoms with van der Waals surface area (Å²) >= 11 is 0. The molecular formula is C18H25N3O4. The van der Waals surface area contributed by atoms with Crippen LogP contribution in [-0.4, -0.2) is 54.1 Å². The Kier molecular flexibility index (Phi) is 6.01. The average Bonchev–Trinajstić information content (AvgIpc) is 3.00. The van der Waals surface area contributed by atoms with E-state index in [1.165, 1.54) is 0 Å². The van der Waals surface area contributed by atoms with Crippen LogP contribution in [0.25, 0.3) is 0 Å². The van der Waals surface area contributed by atoms with Gasteiger partial charge in [0.15, 0.2) is 0 Å². The number of carbonyl (C=O) groups is 3. The van der Waals surface area contributed by atoms with Gasteiger partial charge in [-0.3, -0.25) is 9.59 Å². The van der Waals surface area contributed by atoms with Gasteiger partial charge >= 0.3 is 6.09 Å². The Labute approximate surface area is 147 Å². The maximum atomic E-state index is 12.0. The number of amides is 3. The quantitative estimate of drug-likeness (QED) is 0.865. The largest absolute Gasteiger partial charge is 0.444 e. The van der Waals surface area contributed by atoms with Gasteiger partial charge in [-0.05, 0) is 39.3 Å². The van der Waals surface area contributed by atoms with Gasteiger partial charge in [0.25, 0.3) is 5.91 Å². The van der Waals surface area contributed by atoms with E-state index in [0.29, 0.717) is 25.1 Å². The molecule has 0 spiro atoms. The van der Waals surface area contributed by atoms with Gasteiger partial charge in [0.05, 0.1) is 6.54 Å². The average molecular weight is 347 g/mol. The zero-order valence-corrected chi connectivity index (χ0v) is 14.9. The van der Waals surface area contributed by atoms with Crippen LogP contribution in [0.2, 0.25) is 0 Å². The lowest BCUT2D eigenvalue weighted by molar-refractivity contribution is -0.120. The van der Waals surface area contributed by atoms with Crippen LogP contribution in [0, 0.1) is 0 Å². The second-order valence-electron chi connectivity index (χ2n) is 7.03. The Hall–Kier alpha value is -2.57. The van der Waals surface area contributed by atoms with Crippen LogP contribution in [0.3, 0.4) is 0 Å². The lowest BCUT2D eigenvalue weighted by atomic mass is 10.2. The topological polar surface area (TPSA) is 87.7 Å². The summed E-state index contributed by atoms with van der Waals surface area (Å²) in [6.07, 6.45) is 0.291. The zero-order chi connectivity index (χ0) is 18.4. The lowest BCUT2D eigenvalue weighted by Crippen LogP contribution is -2.44. The van der Waals surface area contributed by atoms with Gasteiger partial charge in [0.1, 0.15) is 5.60 Å². The summed E-state index contributed by atoms with van der Waals surface area (Å²) in [5.74, 6) is -0.571. The zero-order valence-electron chi connectivity index (χ0n) is 14.9. The molecule has 1 fully saturated rings. The van der Waals surface area contributed by atoms with E-state index in [4.69, 9.17) is 4.74 Å². The summed E-state index contributed by atoms with van der Waals surface area (Å²) in [6.45, 7) is 6.29. The molecule has 0 radical (unpaired) electrons. The van der Waals surface area contributed by atoms with Crippen molar-refractivity contribution in [2.24, 2.45) is 0 Å². The Balaban J connectivity index is 1.73. The molecule has 1 saturated heterocycles. The van der Waals surface area contributed by atoms with Gasteiger partial charge in [-0.15, -0.1) is 0 Å². The van der Waals surface area contributed by atoms with Crippen molar-refractivity contribution in [2.45, 2.75) is 38.8 Å². The Bertz CT molecular complexity index is 625. The normalized spacial score (nSPS) is 17.1. The Morgan fingerprint density at radius 2 is 1.88 bits per heavy atom. The third kappa shape index (κ3) is 6.10. The van der Waals surface area contributed by atoms with Crippen molar-refractivity contribution in [3.63, 3.8) is 0 Å². The number of ether oxygens (including phenoxy) is 1. The number of benzene rings is 1. The maximum absolute atomic E-state index is 12.0. The van der Waals surface area contributed by atoms with E-state index in [-0.39, 0.29) is 30.5 Å². The number of nitrogens with one attached hydrogen (secondary N) is 2. The fourth-order valence-corrected chi connectivity index (χ4v) is 2.50. The fourth-order valence-electron chi connectivity index (χ4n) is 2.50. The van der Waals surface area contributed by atoms with E-state index in [0.717, 1.165) is 0 Å². The summed E-state index contributed by atoms with van der Waals surface area (Å²) in [7, 11) is 0. The number of hydrogen-bond acceptors (Lipinski definition) is 4. The van der Waals surface area contributed by atoms with Gasteiger partial charge in [-0.2, -0.15) is 0 Å². The summed E-state index contributed by atoms with van der Waals surface area (Å²) < 4.78 is 5.32.